The molecule has 3 aromatic carbocycles. The van der Waals surface area contributed by atoms with E-state index in [0.717, 1.165) is 11.1 Å². The van der Waals surface area contributed by atoms with Crippen LogP contribution in [-0.4, -0.2) is 28.3 Å². The lowest BCUT2D eigenvalue weighted by Crippen LogP contribution is -2.29. The molecule has 5 heteroatoms. The molecule has 1 aliphatic rings. The van der Waals surface area contributed by atoms with Crippen LogP contribution in [0.25, 0.3) is 5.76 Å². The molecule has 5 nitrogen and oxygen atoms in total. The molecule has 0 bridgehead atoms. The van der Waals surface area contributed by atoms with Gasteiger partial charge in [0.25, 0.3) is 11.7 Å². The summed E-state index contributed by atoms with van der Waals surface area (Å²) < 4.78 is 5.52. The number of Topliss-reactive ketones (excluding diaryl/α,β-unsaturated/α-hetero) is 1. The Morgan fingerprint density at radius 3 is 2.13 bits per heavy atom. The number of benzene rings is 3. The van der Waals surface area contributed by atoms with Crippen molar-refractivity contribution in [2.45, 2.75) is 19.5 Å². The second-order valence-electron chi connectivity index (χ2n) is 7.28. The van der Waals surface area contributed by atoms with Gasteiger partial charge < -0.3 is 14.7 Å². The van der Waals surface area contributed by atoms with E-state index < -0.39 is 17.7 Å². The number of carbonyl (C=O) groups is 2. The van der Waals surface area contributed by atoms with Crippen molar-refractivity contribution >= 4 is 17.4 Å². The van der Waals surface area contributed by atoms with Crippen molar-refractivity contribution in [1.29, 1.82) is 0 Å². The van der Waals surface area contributed by atoms with Crippen LogP contribution in [-0.2, 0) is 16.1 Å². The molecule has 1 heterocycles. The van der Waals surface area contributed by atoms with Gasteiger partial charge in [-0.15, -0.1) is 0 Å². The number of hydrogen-bond donors (Lipinski definition) is 1. The summed E-state index contributed by atoms with van der Waals surface area (Å²) in [6, 6.07) is 24.9. The number of aliphatic hydroxyl groups is 1. The van der Waals surface area contributed by atoms with Crippen LogP contribution in [0.1, 0.15) is 29.7 Å². The first-order chi connectivity index (χ1) is 15.1. The summed E-state index contributed by atoms with van der Waals surface area (Å²) >= 11 is 0. The van der Waals surface area contributed by atoms with Crippen LogP contribution >= 0.6 is 0 Å². The molecule has 3 aromatic rings. The van der Waals surface area contributed by atoms with E-state index in [1.165, 1.54) is 4.90 Å². The van der Waals surface area contributed by atoms with Gasteiger partial charge in [0.1, 0.15) is 11.5 Å². The Balaban J connectivity index is 1.82. The highest BCUT2D eigenvalue weighted by Gasteiger charge is 2.46. The maximum atomic E-state index is 13.0. The van der Waals surface area contributed by atoms with Crippen molar-refractivity contribution in [1.82, 2.24) is 4.90 Å². The fraction of sp³-hybridized carbons (Fsp3) is 0.154. The van der Waals surface area contributed by atoms with Gasteiger partial charge in [0, 0.05) is 12.1 Å². The molecule has 0 aliphatic carbocycles. The molecule has 31 heavy (non-hydrogen) atoms. The molecule has 0 radical (unpaired) electrons. The minimum atomic E-state index is -0.698. The van der Waals surface area contributed by atoms with E-state index in [1.54, 1.807) is 24.3 Å². The van der Waals surface area contributed by atoms with Crippen LogP contribution in [0.15, 0.2) is 90.5 Å². The second-order valence-corrected chi connectivity index (χ2v) is 7.28. The maximum Gasteiger partial charge on any atom is 0.295 e. The highest BCUT2D eigenvalue weighted by Crippen LogP contribution is 2.40. The van der Waals surface area contributed by atoms with Crippen LogP contribution in [0.3, 0.4) is 0 Å². The van der Waals surface area contributed by atoms with E-state index in [4.69, 9.17) is 4.74 Å². The molecule has 1 unspecified atom stereocenters. The molecular weight excluding hydrogens is 390 g/mol. The van der Waals surface area contributed by atoms with Gasteiger partial charge in [0.2, 0.25) is 0 Å². The Bertz CT molecular complexity index is 1110. The lowest BCUT2D eigenvalue weighted by Gasteiger charge is -2.25. The number of carbonyl (C=O) groups excluding carboxylic acids is 2. The summed E-state index contributed by atoms with van der Waals surface area (Å²) in [4.78, 5) is 27.6. The maximum absolute atomic E-state index is 13.0. The molecule has 1 atom stereocenters. The van der Waals surface area contributed by atoms with Crippen LogP contribution in [0.2, 0.25) is 0 Å². The summed E-state index contributed by atoms with van der Waals surface area (Å²) in [6.45, 7) is 2.71. The predicted molar refractivity (Wildman–Crippen MR) is 118 cm³/mol. The van der Waals surface area contributed by atoms with Crippen molar-refractivity contribution in [2.75, 3.05) is 6.61 Å². The van der Waals surface area contributed by atoms with Crippen molar-refractivity contribution in [3.8, 4) is 5.75 Å². The lowest BCUT2D eigenvalue weighted by atomic mass is 9.95. The third-order valence-electron chi connectivity index (χ3n) is 5.29. The van der Waals surface area contributed by atoms with Crippen LogP contribution in [0, 0.1) is 0 Å². The largest absolute Gasteiger partial charge is 0.507 e. The number of ether oxygens (including phenoxy) is 1. The number of hydrogen-bond acceptors (Lipinski definition) is 4. The average molecular weight is 413 g/mol. The van der Waals surface area contributed by atoms with E-state index in [0.29, 0.717) is 17.9 Å². The number of nitrogens with zero attached hydrogens (tertiary/aromatic N) is 1. The Morgan fingerprint density at radius 2 is 1.52 bits per heavy atom. The topological polar surface area (TPSA) is 66.8 Å². The molecule has 156 valence electrons. The summed E-state index contributed by atoms with van der Waals surface area (Å²) in [5, 5.41) is 11.0. The van der Waals surface area contributed by atoms with Gasteiger partial charge in [-0.1, -0.05) is 72.8 Å². The first kappa shape index (κ1) is 20.4. The van der Waals surface area contributed by atoms with E-state index in [-0.39, 0.29) is 17.9 Å². The molecule has 0 aromatic heterocycles. The molecule has 1 aliphatic heterocycles. The first-order valence-electron chi connectivity index (χ1n) is 10.2. The second kappa shape index (κ2) is 8.88. The monoisotopic (exact) mass is 413 g/mol. The number of aliphatic hydroxyl groups excluding tert-OH is 1. The summed E-state index contributed by atoms with van der Waals surface area (Å²) in [6.07, 6.45) is 0. The quantitative estimate of drug-likeness (QED) is 0.361. The normalized spacial score (nSPS) is 17.7. The Labute approximate surface area is 181 Å². The van der Waals surface area contributed by atoms with Gasteiger partial charge in [-0.25, -0.2) is 0 Å². The zero-order chi connectivity index (χ0) is 21.8. The third kappa shape index (κ3) is 4.08. The van der Waals surface area contributed by atoms with Crippen LogP contribution in [0.4, 0.5) is 0 Å². The lowest BCUT2D eigenvalue weighted by molar-refractivity contribution is -0.140. The Hall–Kier alpha value is -3.86. The SMILES string of the molecule is CCOc1ccc(C2/C(=C(\O)c3ccccc3)C(=O)C(=O)N2Cc2ccccc2)cc1. The molecule has 1 fully saturated rings. The standard InChI is InChI=1S/C26H23NO4/c1-2-31-21-15-13-19(14-16-21)23-22(24(28)20-11-7-4-8-12-20)25(29)26(30)27(23)17-18-9-5-3-6-10-18/h3-16,23,28H,2,17H2,1H3/b24-22+. The van der Waals surface area contributed by atoms with Crippen molar-refractivity contribution in [3.63, 3.8) is 0 Å². The molecule has 0 saturated carbocycles. The number of likely N-dealkylation sites (tertiary alicyclic amines) is 1. The fourth-order valence-corrected chi connectivity index (χ4v) is 3.83. The molecule has 0 spiro atoms. The minimum absolute atomic E-state index is 0.0938. The number of ketones is 1. The van der Waals surface area contributed by atoms with Gasteiger partial charge in [0.15, 0.2) is 0 Å². The minimum Gasteiger partial charge on any atom is -0.507 e. The van der Waals surface area contributed by atoms with E-state index in [1.807, 2.05) is 67.6 Å². The van der Waals surface area contributed by atoms with Gasteiger partial charge in [-0.05, 0) is 30.2 Å². The highest BCUT2D eigenvalue weighted by atomic mass is 16.5. The first-order valence-corrected chi connectivity index (χ1v) is 10.2. The number of rotatable bonds is 6. The third-order valence-corrected chi connectivity index (χ3v) is 5.29. The van der Waals surface area contributed by atoms with Crippen molar-refractivity contribution in [2.24, 2.45) is 0 Å². The van der Waals surface area contributed by atoms with Gasteiger partial charge in [0.05, 0.1) is 18.2 Å². The van der Waals surface area contributed by atoms with Gasteiger partial charge in [-0.2, -0.15) is 0 Å². The average Bonchev–Trinajstić information content (AvgIpc) is 3.05. The molecule has 1 amide bonds. The zero-order valence-corrected chi connectivity index (χ0v) is 17.2. The smallest absolute Gasteiger partial charge is 0.295 e. The van der Waals surface area contributed by atoms with Gasteiger partial charge in [-0.3, -0.25) is 9.59 Å². The Kier molecular flexibility index (Phi) is 5.85. The zero-order valence-electron chi connectivity index (χ0n) is 17.2. The Morgan fingerprint density at radius 1 is 0.903 bits per heavy atom. The fourth-order valence-electron chi connectivity index (χ4n) is 3.83. The highest BCUT2D eigenvalue weighted by molar-refractivity contribution is 6.46. The van der Waals surface area contributed by atoms with Crippen LogP contribution in [0.5, 0.6) is 5.75 Å². The summed E-state index contributed by atoms with van der Waals surface area (Å²) in [7, 11) is 0. The molecular formula is C26H23NO4. The summed E-state index contributed by atoms with van der Waals surface area (Å²) in [5.41, 5.74) is 2.23. The summed E-state index contributed by atoms with van der Waals surface area (Å²) in [5.74, 6) is -0.779. The molecule has 1 N–H and O–H groups in total. The van der Waals surface area contributed by atoms with Crippen molar-refractivity contribution < 1.29 is 19.4 Å². The van der Waals surface area contributed by atoms with E-state index in [2.05, 4.69) is 0 Å². The number of amides is 1. The van der Waals surface area contributed by atoms with E-state index >= 15 is 0 Å². The molecule has 1 saturated heterocycles. The van der Waals surface area contributed by atoms with Gasteiger partial charge >= 0.3 is 0 Å². The predicted octanol–water partition coefficient (Wildman–Crippen LogP) is 4.71. The molecule has 4 rings (SSSR count). The van der Waals surface area contributed by atoms with E-state index in [9.17, 15) is 14.7 Å². The van der Waals surface area contributed by atoms with Crippen molar-refractivity contribution in [3.05, 3.63) is 107 Å². The van der Waals surface area contributed by atoms with Crippen LogP contribution < -0.4 is 4.74 Å².